The number of rotatable bonds is 6. The molecule has 29 heavy (non-hydrogen) atoms. The second-order valence-corrected chi connectivity index (χ2v) is 9.20. The number of amides is 1. The lowest BCUT2D eigenvalue weighted by Crippen LogP contribution is -2.45. The Labute approximate surface area is 172 Å². The summed E-state index contributed by atoms with van der Waals surface area (Å²) >= 11 is 0. The number of carbonyl (C=O) groups excluding carboxylic acids is 1. The summed E-state index contributed by atoms with van der Waals surface area (Å²) in [4.78, 5) is 12.6. The third-order valence-electron chi connectivity index (χ3n) is 5.24. The molecular weight excluding hydrogens is 386 g/mol. The monoisotopic (exact) mass is 411 g/mol. The molecule has 0 saturated carbocycles. The summed E-state index contributed by atoms with van der Waals surface area (Å²) in [6.45, 7) is 2.82. The molecule has 0 spiro atoms. The van der Waals surface area contributed by atoms with Gasteiger partial charge < -0.3 is 5.32 Å². The van der Waals surface area contributed by atoms with E-state index in [1.54, 1.807) is 40.7 Å². The highest BCUT2D eigenvalue weighted by Crippen LogP contribution is 2.27. The topological polar surface area (TPSA) is 90.3 Å². The number of hydrogen-bond donors (Lipinski definition) is 1. The van der Waals surface area contributed by atoms with E-state index in [2.05, 4.69) is 5.32 Å². The Hall–Kier alpha value is -2.69. The first-order valence-corrected chi connectivity index (χ1v) is 11.2. The zero-order chi connectivity index (χ0) is 20.9. The van der Waals surface area contributed by atoms with Crippen LogP contribution in [0.5, 0.6) is 0 Å². The standard InChI is InChI=1S/C22H25N3O3S/c1-17-5-11-21(12-6-17)29(27,28)25-15-3-2-4-20(25)13-14-24-22(26)19-9-7-18(16-23)8-10-19/h5-12,20H,2-4,13-15H2,1H3,(H,24,26). The van der Waals surface area contributed by atoms with Crippen LogP contribution in [0.4, 0.5) is 0 Å². The highest BCUT2D eigenvalue weighted by atomic mass is 32.2. The van der Waals surface area contributed by atoms with Gasteiger partial charge in [-0.1, -0.05) is 24.1 Å². The zero-order valence-electron chi connectivity index (χ0n) is 16.5. The molecule has 1 amide bonds. The van der Waals surface area contributed by atoms with Crippen LogP contribution in [0, 0.1) is 18.3 Å². The molecule has 1 atom stereocenters. The van der Waals surface area contributed by atoms with Crippen LogP contribution in [-0.4, -0.2) is 37.8 Å². The van der Waals surface area contributed by atoms with E-state index < -0.39 is 10.0 Å². The highest BCUT2D eigenvalue weighted by molar-refractivity contribution is 7.89. The number of nitrogens with one attached hydrogen (secondary N) is 1. The molecule has 6 nitrogen and oxygen atoms in total. The van der Waals surface area contributed by atoms with Crippen molar-refractivity contribution in [1.29, 1.82) is 5.26 Å². The fourth-order valence-electron chi connectivity index (χ4n) is 3.58. The van der Waals surface area contributed by atoms with Gasteiger partial charge in [-0.05, 0) is 62.6 Å². The van der Waals surface area contributed by atoms with Gasteiger partial charge in [-0.15, -0.1) is 0 Å². The van der Waals surface area contributed by atoms with Crippen molar-refractivity contribution in [2.24, 2.45) is 0 Å². The number of nitriles is 1. The third kappa shape index (κ3) is 5.03. The predicted molar refractivity (Wildman–Crippen MR) is 111 cm³/mol. The molecule has 2 aromatic rings. The van der Waals surface area contributed by atoms with E-state index >= 15 is 0 Å². The fraction of sp³-hybridized carbons (Fsp3) is 0.364. The van der Waals surface area contributed by atoms with E-state index in [4.69, 9.17) is 5.26 Å². The van der Waals surface area contributed by atoms with Gasteiger partial charge in [0.05, 0.1) is 16.5 Å². The molecule has 1 unspecified atom stereocenters. The van der Waals surface area contributed by atoms with Crippen molar-refractivity contribution in [3.8, 4) is 6.07 Å². The van der Waals surface area contributed by atoms with Crippen molar-refractivity contribution in [2.75, 3.05) is 13.1 Å². The molecule has 1 heterocycles. The summed E-state index contributed by atoms with van der Waals surface area (Å²) in [5.41, 5.74) is 2.00. The summed E-state index contributed by atoms with van der Waals surface area (Å²) in [7, 11) is -3.55. The van der Waals surface area contributed by atoms with E-state index in [1.807, 2.05) is 25.1 Å². The number of sulfonamides is 1. The molecule has 1 fully saturated rings. The van der Waals surface area contributed by atoms with E-state index in [9.17, 15) is 13.2 Å². The van der Waals surface area contributed by atoms with Gasteiger partial charge in [-0.3, -0.25) is 4.79 Å². The van der Waals surface area contributed by atoms with E-state index in [-0.39, 0.29) is 11.9 Å². The number of nitrogens with zero attached hydrogens (tertiary/aromatic N) is 2. The van der Waals surface area contributed by atoms with Crippen molar-refractivity contribution < 1.29 is 13.2 Å². The highest BCUT2D eigenvalue weighted by Gasteiger charge is 2.33. The lowest BCUT2D eigenvalue weighted by molar-refractivity contribution is 0.0949. The molecule has 0 bridgehead atoms. The zero-order valence-corrected chi connectivity index (χ0v) is 17.3. The van der Waals surface area contributed by atoms with Crippen LogP contribution in [-0.2, 0) is 10.0 Å². The quantitative estimate of drug-likeness (QED) is 0.790. The minimum atomic E-state index is -3.55. The molecule has 0 aliphatic carbocycles. The van der Waals surface area contributed by atoms with Crippen LogP contribution in [0.3, 0.4) is 0 Å². The van der Waals surface area contributed by atoms with Gasteiger partial charge in [0, 0.05) is 24.7 Å². The molecule has 2 aromatic carbocycles. The number of hydrogen-bond acceptors (Lipinski definition) is 4. The van der Waals surface area contributed by atoms with Gasteiger partial charge >= 0.3 is 0 Å². The summed E-state index contributed by atoms with van der Waals surface area (Å²) in [5, 5.41) is 11.7. The van der Waals surface area contributed by atoms with Crippen molar-refractivity contribution in [1.82, 2.24) is 9.62 Å². The van der Waals surface area contributed by atoms with E-state index in [0.717, 1.165) is 24.8 Å². The molecule has 152 valence electrons. The molecule has 1 aliphatic heterocycles. The maximum absolute atomic E-state index is 13.1. The van der Waals surface area contributed by atoms with Crippen LogP contribution in [0.15, 0.2) is 53.4 Å². The van der Waals surface area contributed by atoms with Crippen molar-refractivity contribution in [3.63, 3.8) is 0 Å². The summed E-state index contributed by atoms with van der Waals surface area (Å²) in [6.07, 6.45) is 3.18. The van der Waals surface area contributed by atoms with Crippen LogP contribution < -0.4 is 5.32 Å². The van der Waals surface area contributed by atoms with Gasteiger partial charge in [0.25, 0.3) is 5.91 Å². The van der Waals surface area contributed by atoms with Gasteiger partial charge in [0.15, 0.2) is 0 Å². The Bertz CT molecular complexity index is 993. The summed E-state index contributed by atoms with van der Waals surface area (Å²) < 4.78 is 27.8. The SMILES string of the molecule is Cc1ccc(S(=O)(=O)N2CCCCC2CCNC(=O)c2ccc(C#N)cc2)cc1. The van der Waals surface area contributed by atoms with Gasteiger partial charge in [-0.25, -0.2) is 8.42 Å². The molecule has 3 rings (SSSR count). The second kappa shape index (κ2) is 9.21. The smallest absolute Gasteiger partial charge is 0.251 e. The number of carbonyl (C=O) groups is 1. The Balaban J connectivity index is 1.63. The Morgan fingerprint density at radius 2 is 1.83 bits per heavy atom. The van der Waals surface area contributed by atoms with Gasteiger partial charge in [-0.2, -0.15) is 9.57 Å². The molecule has 0 aromatic heterocycles. The van der Waals surface area contributed by atoms with Crippen molar-refractivity contribution in [2.45, 2.75) is 43.5 Å². The van der Waals surface area contributed by atoms with Gasteiger partial charge in [0.1, 0.15) is 0 Å². The predicted octanol–water partition coefficient (Wildman–Crippen LogP) is 3.23. The largest absolute Gasteiger partial charge is 0.352 e. The normalized spacial score (nSPS) is 17.4. The summed E-state index contributed by atoms with van der Waals surface area (Å²) in [6, 6.07) is 15.3. The maximum Gasteiger partial charge on any atom is 0.251 e. The molecule has 1 saturated heterocycles. The Morgan fingerprint density at radius 3 is 2.48 bits per heavy atom. The number of benzene rings is 2. The van der Waals surface area contributed by atoms with Gasteiger partial charge in [0.2, 0.25) is 10.0 Å². The third-order valence-corrected chi connectivity index (χ3v) is 7.21. The first kappa shape index (κ1) is 21.0. The van der Waals surface area contributed by atoms with Crippen molar-refractivity contribution in [3.05, 3.63) is 65.2 Å². The number of aryl methyl sites for hydroxylation is 1. The average molecular weight is 412 g/mol. The van der Waals surface area contributed by atoms with Crippen molar-refractivity contribution >= 4 is 15.9 Å². The molecule has 1 N–H and O–H groups in total. The van der Waals surface area contributed by atoms with Crippen LogP contribution in [0.1, 0.15) is 47.2 Å². The average Bonchev–Trinajstić information content (AvgIpc) is 2.74. The molecule has 1 aliphatic rings. The molecular formula is C22H25N3O3S. The maximum atomic E-state index is 13.1. The first-order chi connectivity index (χ1) is 13.9. The lowest BCUT2D eigenvalue weighted by atomic mass is 10.0. The van der Waals surface area contributed by atoms with E-state index in [0.29, 0.717) is 35.5 Å². The van der Waals surface area contributed by atoms with Crippen LogP contribution in [0.25, 0.3) is 0 Å². The lowest BCUT2D eigenvalue weighted by Gasteiger charge is -2.34. The Kier molecular flexibility index (Phi) is 6.68. The van der Waals surface area contributed by atoms with E-state index in [1.165, 1.54) is 0 Å². The minimum absolute atomic E-state index is 0.128. The molecule has 7 heteroatoms. The minimum Gasteiger partial charge on any atom is -0.352 e. The summed E-state index contributed by atoms with van der Waals surface area (Å²) in [5.74, 6) is -0.224. The van der Waals surface area contributed by atoms with Crippen LogP contribution >= 0.6 is 0 Å². The first-order valence-electron chi connectivity index (χ1n) is 9.78. The Morgan fingerprint density at radius 1 is 1.14 bits per heavy atom. The fourth-order valence-corrected chi connectivity index (χ4v) is 5.30. The number of piperidine rings is 1. The van der Waals surface area contributed by atoms with Crippen LogP contribution in [0.2, 0.25) is 0 Å². The second-order valence-electron chi connectivity index (χ2n) is 7.31. The molecule has 0 radical (unpaired) electrons.